The monoisotopic (exact) mass is 535 g/mol. The van der Waals surface area contributed by atoms with Crippen LogP contribution in [-0.4, -0.2) is 77.3 Å². The van der Waals surface area contributed by atoms with Crippen molar-refractivity contribution in [2.24, 2.45) is 5.92 Å². The zero-order valence-electron chi connectivity index (χ0n) is 22.0. The lowest BCUT2D eigenvalue weighted by Gasteiger charge is -2.52. The molecule has 1 spiro atoms. The summed E-state index contributed by atoms with van der Waals surface area (Å²) in [6.45, 7) is 6.04. The van der Waals surface area contributed by atoms with E-state index < -0.39 is 17.7 Å². The highest BCUT2D eigenvalue weighted by atomic mass is 35.5. The van der Waals surface area contributed by atoms with Gasteiger partial charge in [-0.15, -0.1) is 12.4 Å². The molecule has 5 rings (SSSR count). The lowest BCUT2D eigenvalue weighted by molar-refractivity contribution is -0.166. The third-order valence-electron chi connectivity index (χ3n) is 8.66. The molecule has 4 aliphatic rings. The van der Waals surface area contributed by atoms with Crippen molar-refractivity contribution in [1.82, 2.24) is 15.1 Å². The average Bonchev–Trinajstić information content (AvgIpc) is 2.92. The van der Waals surface area contributed by atoms with Crippen LogP contribution in [0.25, 0.3) is 0 Å². The molecule has 206 valence electrons. The number of nitrogens with one attached hydrogen (secondary N) is 1. The first kappa shape index (κ1) is 28.0. The van der Waals surface area contributed by atoms with Crippen LogP contribution in [0.3, 0.4) is 0 Å². The molecule has 37 heavy (non-hydrogen) atoms. The molecular formula is C28H42ClN3O5. The molecule has 3 fully saturated rings. The Balaban J connectivity index is 0.00000320. The van der Waals surface area contributed by atoms with Gasteiger partial charge in [-0.05, 0) is 55.7 Å². The Labute approximate surface area is 226 Å². The van der Waals surface area contributed by atoms with Gasteiger partial charge in [0.15, 0.2) is 11.5 Å². The molecule has 1 aromatic rings. The SMILES string of the molecule is CCCCN1C(=O)[C@@H]([C@H](O)C2CCCCC2)NC(=O)C12CCN(Cc1ccc3c(c1)OCCO3)CC2.Cl. The molecule has 3 aliphatic heterocycles. The van der Waals surface area contributed by atoms with Crippen LogP contribution in [0.1, 0.15) is 70.3 Å². The molecule has 1 saturated carbocycles. The maximum Gasteiger partial charge on any atom is 0.248 e. The number of fused-ring (bicyclic) bond motifs is 1. The summed E-state index contributed by atoms with van der Waals surface area (Å²) in [7, 11) is 0. The number of unbranched alkanes of at least 4 members (excludes halogenated alkanes) is 1. The zero-order chi connectivity index (χ0) is 25.1. The van der Waals surface area contributed by atoms with Gasteiger partial charge in [0.2, 0.25) is 11.8 Å². The minimum Gasteiger partial charge on any atom is -0.486 e. The molecule has 1 aliphatic carbocycles. The Morgan fingerprint density at radius 1 is 1.08 bits per heavy atom. The number of nitrogens with zero attached hydrogens (tertiary/aromatic N) is 2. The summed E-state index contributed by atoms with van der Waals surface area (Å²) < 4.78 is 11.4. The maximum atomic E-state index is 13.8. The van der Waals surface area contributed by atoms with Gasteiger partial charge in [-0.2, -0.15) is 0 Å². The van der Waals surface area contributed by atoms with E-state index in [0.29, 0.717) is 32.6 Å². The van der Waals surface area contributed by atoms with E-state index in [4.69, 9.17) is 9.47 Å². The number of benzene rings is 1. The summed E-state index contributed by atoms with van der Waals surface area (Å²) in [6.07, 6.45) is 7.41. The predicted octanol–water partition coefficient (Wildman–Crippen LogP) is 3.28. The van der Waals surface area contributed by atoms with Gasteiger partial charge in [0, 0.05) is 26.2 Å². The van der Waals surface area contributed by atoms with Crippen LogP contribution in [0.5, 0.6) is 11.5 Å². The van der Waals surface area contributed by atoms with E-state index in [2.05, 4.69) is 23.2 Å². The van der Waals surface area contributed by atoms with E-state index in [9.17, 15) is 14.7 Å². The van der Waals surface area contributed by atoms with Crippen molar-refractivity contribution in [1.29, 1.82) is 0 Å². The minimum atomic E-state index is -0.821. The Morgan fingerprint density at radius 2 is 1.78 bits per heavy atom. The zero-order valence-corrected chi connectivity index (χ0v) is 22.8. The summed E-state index contributed by atoms with van der Waals surface area (Å²) in [5.74, 6) is 1.48. The van der Waals surface area contributed by atoms with Gasteiger partial charge in [0.25, 0.3) is 0 Å². The van der Waals surface area contributed by atoms with E-state index >= 15 is 0 Å². The molecule has 1 aromatic carbocycles. The number of carbonyl (C=O) groups excluding carboxylic acids is 2. The van der Waals surface area contributed by atoms with E-state index in [1.165, 1.54) is 6.42 Å². The molecule has 9 heteroatoms. The van der Waals surface area contributed by atoms with E-state index in [0.717, 1.165) is 75.2 Å². The van der Waals surface area contributed by atoms with Crippen molar-refractivity contribution in [2.75, 3.05) is 32.8 Å². The van der Waals surface area contributed by atoms with Crippen molar-refractivity contribution in [3.05, 3.63) is 23.8 Å². The quantitative estimate of drug-likeness (QED) is 0.557. The second-order valence-electron chi connectivity index (χ2n) is 11.0. The van der Waals surface area contributed by atoms with Gasteiger partial charge in [-0.1, -0.05) is 38.7 Å². The molecule has 0 bridgehead atoms. The molecule has 8 nitrogen and oxygen atoms in total. The van der Waals surface area contributed by atoms with Gasteiger partial charge in [0.1, 0.15) is 24.8 Å². The summed E-state index contributed by atoms with van der Waals surface area (Å²) in [5.41, 5.74) is 0.330. The van der Waals surface area contributed by atoms with Crippen LogP contribution in [0.4, 0.5) is 0 Å². The highest BCUT2D eigenvalue weighted by Crippen LogP contribution is 2.37. The number of likely N-dealkylation sites (tertiary alicyclic amines) is 1. The molecule has 2 saturated heterocycles. The molecule has 3 heterocycles. The Morgan fingerprint density at radius 3 is 2.49 bits per heavy atom. The molecule has 2 atom stereocenters. The molecule has 0 unspecified atom stereocenters. The van der Waals surface area contributed by atoms with Crippen LogP contribution in [0.15, 0.2) is 18.2 Å². The second kappa shape index (κ2) is 12.2. The summed E-state index contributed by atoms with van der Waals surface area (Å²) in [5, 5.41) is 14.1. The molecule has 2 N–H and O–H groups in total. The third kappa shape index (κ3) is 5.71. The molecule has 2 amide bonds. The van der Waals surface area contributed by atoms with Gasteiger partial charge in [-0.3, -0.25) is 14.5 Å². The largest absolute Gasteiger partial charge is 0.486 e. The van der Waals surface area contributed by atoms with Crippen LogP contribution < -0.4 is 14.8 Å². The number of piperidine rings is 1. The second-order valence-corrected chi connectivity index (χ2v) is 11.0. The van der Waals surface area contributed by atoms with E-state index in [1.807, 2.05) is 17.0 Å². The number of ether oxygens (including phenoxy) is 2. The van der Waals surface area contributed by atoms with Crippen LogP contribution >= 0.6 is 12.4 Å². The average molecular weight is 536 g/mol. The smallest absolute Gasteiger partial charge is 0.248 e. The van der Waals surface area contributed by atoms with Crippen molar-refractivity contribution in [3.8, 4) is 11.5 Å². The molecule has 0 radical (unpaired) electrons. The molecule has 0 aromatic heterocycles. The number of carbonyl (C=O) groups is 2. The van der Waals surface area contributed by atoms with Crippen LogP contribution in [0.2, 0.25) is 0 Å². The highest BCUT2D eigenvalue weighted by molar-refractivity contribution is 6.00. The first-order valence-electron chi connectivity index (χ1n) is 13.9. The Bertz CT molecular complexity index is 946. The third-order valence-corrected chi connectivity index (χ3v) is 8.66. The standard InChI is InChI=1S/C28H41N3O5.ClH/c1-2-3-13-31-26(33)24(25(32)21-7-5-4-6-8-21)29-27(34)28(31)11-14-30(15-12-28)19-20-9-10-22-23(18-20)36-17-16-35-22;/h9-10,18,21,24-25,32H,2-8,11-17,19H2,1H3,(H,29,34);1H/t24-,25-;/m1./s1. The number of hydrogen-bond donors (Lipinski definition) is 2. The van der Waals surface area contributed by atoms with Crippen molar-refractivity contribution in [3.63, 3.8) is 0 Å². The van der Waals surface area contributed by atoms with Gasteiger partial charge < -0.3 is 24.8 Å². The first-order chi connectivity index (χ1) is 17.5. The lowest BCUT2D eigenvalue weighted by atomic mass is 9.78. The number of rotatable bonds is 7. The van der Waals surface area contributed by atoms with Crippen LogP contribution in [-0.2, 0) is 16.1 Å². The van der Waals surface area contributed by atoms with Crippen molar-refractivity contribution in [2.45, 2.75) is 88.9 Å². The normalized spacial score (nSPS) is 24.9. The van der Waals surface area contributed by atoms with Crippen LogP contribution in [0, 0.1) is 5.92 Å². The van der Waals surface area contributed by atoms with Gasteiger partial charge >= 0.3 is 0 Å². The maximum absolute atomic E-state index is 13.8. The summed E-state index contributed by atoms with van der Waals surface area (Å²) in [4.78, 5) is 31.6. The lowest BCUT2D eigenvalue weighted by Crippen LogP contribution is -2.75. The topological polar surface area (TPSA) is 91.3 Å². The highest BCUT2D eigenvalue weighted by Gasteiger charge is 2.55. The van der Waals surface area contributed by atoms with Gasteiger partial charge in [0.05, 0.1) is 6.10 Å². The fourth-order valence-corrected chi connectivity index (χ4v) is 6.48. The number of hydrogen-bond acceptors (Lipinski definition) is 6. The van der Waals surface area contributed by atoms with E-state index in [-0.39, 0.29) is 30.1 Å². The molecular weight excluding hydrogens is 494 g/mol. The summed E-state index contributed by atoms with van der Waals surface area (Å²) >= 11 is 0. The summed E-state index contributed by atoms with van der Waals surface area (Å²) in [6, 6.07) is 5.26. The number of aliphatic hydroxyl groups is 1. The van der Waals surface area contributed by atoms with Crippen molar-refractivity contribution < 1.29 is 24.2 Å². The Hall–Kier alpha value is -2.03. The number of halogens is 1. The number of amides is 2. The van der Waals surface area contributed by atoms with Crippen molar-refractivity contribution >= 4 is 24.2 Å². The van der Waals surface area contributed by atoms with Gasteiger partial charge in [-0.25, -0.2) is 0 Å². The fraction of sp³-hybridized carbons (Fsp3) is 0.714. The number of aliphatic hydroxyl groups excluding tert-OH is 1. The number of piperazine rings is 1. The minimum absolute atomic E-state index is 0. The Kier molecular flexibility index (Phi) is 9.24. The first-order valence-corrected chi connectivity index (χ1v) is 13.9. The predicted molar refractivity (Wildman–Crippen MR) is 143 cm³/mol. The fourth-order valence-electron chi connectivity index (χ4n) is 6.48. The van der Waals surface area contributed by atoms with E-state index in [1.54, 1.807) is 0 Å².